The third kappa shape index (κ3) is 6.42. The standard InChI is InChI=1S/2C8H12O3S.Cd/c2*1-7-3-5-8(2,6-4-7)12(9,10)11;/h2*3-5H,6H2,1-2H3,(H,9,10,11);/q;;+2/p-2. The van der Waals surface area contributed by atoms with Gasteiger partial charge in [0.2, 0.25) is 0 Å². The summed E-state index contributed by atoms with van der Waals surface area (Å²) in [6.45, 7) is 6.62. The zero-order chi connectivity index (χ0) is 18.8. The number of hydrogen-bond acceptors (Lipinski definition) is 6. The van der Waals surface area contributed by atoms with Crippen molar-refractivity contribution < 1.29 is 53.2 Å². The molecule has 0 fully saturated rings. The van der Waals surface area contributed by atoms with E-state index in [0.29, 0.717) is 0 Å². The van der Waals surface area contributed by atoms with Gasteiger partial charge in [-0.15, -0.1) is 0 Å². The van der Waals surface area contributed by atoms with Gasteiger partial charge in [0.25, 0.3) is 0 Å². The summed E-state index contributed by atoms with van der Waals surface area (Å²) in [5.41, 5.74) is 1.99. The van der Waals surface area contributed by atoms with Crippen LogP contribution in [-0.2, 0) is 47.5 Å². The third-order valence-electron chi connectivity index (χ3n) is 4.20. The van der Waals surface area contributed by atoms with Crippen LogP contribution in [0.15, 0.2) is 47.6 Å². The van der Waals surface area contributed by atoms with Gasteiger partial charge in [-0.3, -0.25) is 0 Å². The average molecular weight is 487 g/mol. The van der Waals surface area contributed by atoms with Gasteiger partial charge in [-0.1, -0.05) is 47.6 Å². The van der Waals surface area contributed by atoms with Crippen molar-refractivity contribution in [2.75, 3.05) is 0 Å². The quantitative estimate of drug-likeness (QED) is 0.437. The minimum absolute atomic E-state index is 0. The van der Waals surface area contributed by atoms with Crippen LogP contribution in [0.1, 0.15) is 40.5 Å². The van der Waals surface area contributed by atoms with E-state index in [-0.39, 0.29) is 40.1 Å². The predicted octanol–water partition coefficient (Wildman–Crippen LogP) is 2.39. The first-order chi connectivity index (χ1) is 10.7. The monoisotopic (exact) mass is 488 g/mol. The van der Waals surface area contributed by atoms with Crippen molar-refractivity contribution in [2.45, 2.75) is 50.0 Å². The molecule has 2 unspecified atom stereocenters. The van der Waals surface area contributed by atoms with Crippen LogP contribution in [-0.4, -0.2) is 35.4 Å². The van der Waals surface area contributed by atoms with Gasteiger partial charge in [0, 0.05) is 0 Å². The van der Waals surface area contributed by atoms with Crippen molar-refractivity contribution in [1.29, 1.82) is 0 Å². The maximum atomic E-state index is 10.8. The SMILES string of the molecule is CC1=CCC(C)(S(=O)(=O)[O-])C=C1.CC1=CCC(C)(S(=O)(=O)[O-])C=C1.[Cd+2]. The molecule has 25 heavy (non-hydrogen) atoms. The maximum Gasteiger partial charge on any atom is 2.00 e. The summed E-state index contributed by atoms with van der Waals surface area (Å²) in [6, 6.07) is 0. The van der Waals surface area contributed by atoms with Crippen LogP contribution in [0, 0.1) is 0 Å². The fourth-order valence-corrected chi connectivity index (χ4v) is 3.03. The van der Waals surface area contributed by atoms with Crippen LogP contribution in [0.2, 0.25) is 0 Å². The van der Waals surface area contributed by atoms with E-state index >= 15 is 0 Å². The first-order valence-electron chi connectivity index (χ1n) is 7.33. The number of hydrogen-bond donors (Lipinski definition) is 0. The van der Waals surface area contributed by atoms with E-state index in [1.165, 1.54) is 26.0 Å². The van der Waals surface area contributed by atoms with Gasteiger partial charge in [-0.05, 0) is 40.5 Å². The predicted molar refractivity (Wildman–Crippen MR) is 91.2 cm³/mol. The zero-order valence-electron chi connectivity index (χ0n) is 14.9. The van der Waals surface area contributed by atoms with E-state index in [1.54, 1.807) is 24.3 Å². The Labute approximate surface area is 170 Å². The van der Waals surface area contributed by atoms with E-state index in [4.69, 9.17) is 0 Å². The molecule has 9 heteroatoms. The molecule has 0 saturated carbocycles. The first-order valence-corrected chi connectivity index (χ1v) is 10.1. The summed E-state index contributed by atoms with van der Waals surface area (Å²) in [7, 11) is -8.46. The van der Waals surface area contributed by atoms with Crippen molar-refractivity contribution >= 4 is 20.2 Å². The fraction of sp³-hybridized carbons (Fsp3) is 0.500. The minimum Gasteiger partial charge on any atom is -0.747 e. The van der Waals surface area contributed by atoms with Gasteiger partial charge < -0.3 is 9.11 Å². The molecule has 136 valence electrons. The van der Waals surface area contributed by atoms with Gasteiger partial charge in [-0.2, -0.15) is 0 Å². The Kier molecular flexibility index (Phi) is 8.49. The summed E-state index contributed by atoms with van der Waals surface area (Å²) < 4.78 is 62.2. The average Bonchev–Trinajstić information content (AvgIpc) is 2.44. The molecule has 2 rings (SSSR count). The van der Waals surface area contributed by atoms with E-state index in [0.717, 1.165) is 11.1 Å². The summed E-state index contributed by atoms with van der Waals surface area (Å²) in [5.74, 6) is 0. The minimum atomic E-state index is -4.23. The molecule has 0 heterocycles. The molecule has 0 N–H and O–H groups in total. The Hall–Kier alpha value is -0.298. The normalized spacial score (nSPS) is 28.9. The van der Waals surface area contributed by atoms with Gasteiger partial charge in [-0.25, -0.2) is 16.8 Å². The smallest absolute Gasteiger partial charge is 0.747 e. The molecular weight excluding hydrogens is 465 g/mol. The number of rotatable bonds is 2. The largest absolute Gasteiger partial charge is 2.00 e. The molecule has 0 amide bonds. The van der Waals surface area contributed by atoms with Crippen molar-refractivity contribution in [1.82, 2.24) is 0 Å². The Morgan fingerprint density at radius 3 is 1.24 bits per heavy atom. The summed E-state index contributed by atoms with van der Waals surface area (Å²) in [6.07, 6.45) is 10.3. The van der Waals surface area contributed by atoms with Crippen LogP contribution in [0.3, 0.4) is 0 Å². The molecular formula is C16H22CdO6S2. The Bertz CT molecular complexity index is 751. The van der Waals surface area contributed by atoms with E-state index in [2.05, 4.69) is 0 Å². The second-order valence-corrected chi connectivity index (χ2v) is 10.2. The van der Waals surface area contributed by atoms with Gasteiger partial charge in [0.1, 0.15) is 20.2 Å². The molecule has 0 spiro atoms. The molecule has 0 saturated heterocycles. The van der Waals surface area contributed by atoms with Gasteiger partial charge in [0.15, 0.2) is 0 Å². The van der Waals surface area contributed by atoms with Crippen LogP contribution in [0.25, 0.3) is 0 Å². The van der Waals surface area contributed by atoms with E-state index < -0.39 is 29.7 Å². The second kappa shape index (κ2) is 8.59. The summed E-state index contributed by atoms with van der Waals surface area (Å²) in [4.78, 5) is 0. The molecule has 6 nitrogen and oxygen atoms in total. The molecule has 0 aromatic heterocycles. The Balaban J connectivity index is 0.000000443. The molecule has 2 aliphatic carbocycles. The van der Waals surface area contributed by atoms with Crippen molar-refractivity contribution in [3.63, 3.8) is 0 Å². The third-order valence-corrected chi connectivity index (χ3v) is 7.09. The van der Waals surface area contributed by atoms with Crippen LogP contribution in [0.4, 0.5) is 0 Å². The molecule has 0 bridgehead atoms. The summed E-state index contributed by atoms with van der Waals surface area (Å²) >= 11 is 0. The van der Waals surface area contributed by atoms with Crippen molar-refractivity contribution in [3.05, 3.63) is 47.6 Å². The fourth-order valence-electron chi connectivity index (χ4n) is 1.99. The van der Waals surface area contributed by atoms with E-state index in [9.17, 15) is 25.9 Å². The summed E-state index contributed by atoms with van der Waals surface area (Å²) in [5, 5.41) is 0. The molecule has 2 atom stereocenters. The topological polar surface area (TPSA) is 114 Å². The first kappa shape index (κ1) is 24.7. The number of allylic oxidation sites excluding steroid dienone is 6. The second-order valence-electron chi connectivity index (χ2n) is 6.50. The van der Waals surface area contributed by atoms with Crippen LogP contribution < -0.4 is 0 Å². The Morgan fingerprint density at radius 2 is 1.08 bits per heavy atom. The maximum absolute atomic E-state index is 10.8. The molecule has 0 aromatic rings. The zero-order valence-corrected chi connectivity index (χ0v) is 20.5. The van der Waals surface area contributed by atoms with Crippen LogP contribution in [0.5, 0.6) is 0 Å². The van der Waals surface area contributed by atoms with Gasteiger partial charge >= 0.3 is 27.3 Å². The van der Waals surface area contributed by atoms with Crippen molar-refractivity contribution in [2.24, 2.45) is 0 Å². The molecule has 0 aliphatic heterocycles. The van der Waals surface area contributed by atoms with E-state index in [1.807, 2.05) is 13.8 Å². The van der Waals surface area contributed by atoms with Crippen LogP contribution >= 0.6 is 0 Å². The van der Waals surface area contributed by atoms with Crippen molar-refractivity contribution in [3.8, 4) is 0 Å². The Morgan fingerprint density at radius 1 is 0.800 bits per heavy atom. The molecule has 0 radical (unpaired) electrons. The molecule has 2 aliphatic rings. The molecule has 0 aromatic carbocycles. The van der Waals surface area contributed by atoms with Gasteiger partial charge in [0.05, 0.1) is 9.49 Å².